The average Bonchev–Trinajstić information content (AvgIpc) is 2.79. The maximum atomic E-state index is 14.6. The molecule has 0 amide bonds. The quantitative estimate of drug-likeness (QED) is 0.389. The fourth-order valence-electron chi connectivity index (χ4n) is 4.25. The highest BCUT2D eigenvalue weighted by Crippen LogP contribution is 2.37. The number of phenols is 1. The molecule has 172 valence electrons. The molecule has 5 nitrogen and oxygen atoms in total. The van der Waals surface area contributed by atoms with E-state index in [4.69, 9.17) is 11.6 Å². The molecule has 1 heterocycles. The minimum atomic E-state index is -0.753. The summed E-state index contributed by atoms with van der Waals surface area (Å²) in [5.41, 5.74) is 1.06. The van der Waals surface area contributed by atoms with Crippen molar-refractivity contribution in [3.8, 4) is 28.1 Å². The second kappa shape index (κ2) is 9.75. The van der Waals surface area contributed by atoms with E-state index in [0.717, 1.165) is 18.9 Å². The van der Waals surface area contributed by atoms with Crippen LogP contribution >= 0.6 is 11.6 Å². The van der Waals surface area contributed by atoms with Gasteiger partial charge in [-0.05, 0) is 79.6 Å². The topological polar surface area (TPSA) is 82.5 Å². The van der Waals surface area contributed by atoms with Crippen molar-refractivity contribution in [2.75, 3.05) is 11.9 Å². The molecule has 1 fully saturated rings. The van der Waals surface area contributed by atoms with Crippen LogP contribution in [0, 0.1) is 23.5 Å². The van der Waals surface area contributed by atoms with Crippen LogP contribution in [-0.2, 0) is 4.79 Å². The number of rotatable bonds is 6. The molecule has 3 aromatic rings. The largest absolute Gasteiger partial charge is 0.507 e. The first kappa shape index (κ1) is 23.0. The Morgan fingerprint density at radius 2 is 1.85 bits per heavy atom. The molecular formula is C25H23ClF2N2O3. The van der Waals surface area contributed by atoms with Gasteiger partial charge in [0.25, 0.3) is 0 Å². The van der Waals surface area contributed by atoms with Crippen LogP contribution in [-0.4, -0.2) is 27.7 Å². The number of carboxylic acids is 1. The van der Waals surface area contributed by atoms with Crippen LogP contribution in [0.5, 0.6) is 5.75 Å². The van der Waals surface area contributed by atoms with Crippen molar-refractivity contribution in [3.05, 3.63) is 65.2 Å². The Balaban J connectivity index is 1.66. The number of phenolic OH excluding ortho intramolecular Hbond substituents is 1. The van der Waals surface area contributed by atoms with Gasteiger partial charge in [-0.3, -0.25) is 4.79 Å². The van der Waals surface area contributed by atoms with Crippen LogP contribution in [0.1, 0.15) is 25.7 Å². The number of aliphatic carboxylic acids is 1. The third-order valence-corrected chi connectivity index (χ3v) is 6.39. The summed E-state index contributed by atoms with van der Waals surface area (Å²) in [6.45, 7) is 0.558. The molecule has 1 aliphatic rings. The van der Waals surface area contributed by atoms with Gasteiger partial charge in [0.2, 0.25) is 0 Å². The molecule has 33 heavy (non-hydrogen) atoms. The van der Waals surface area contributed by atoms with Gasteiger partial charge in [-0.1, -0.05) is 17.7 Å². The van der Waals surface area contributed by atoms with Crippen LogP contribution < -0.4 is 5.32 Å². The SMILES string of the molecule is O=C(O)C1CCC(CNc2cc(-c3c(F)cccc3Cl)cc(-c3cc(F)ccc3O)n2)CC1. The Labute approximate surface area is 195 Å². The number of halogens is 3. The van der Waals surface area contributed by atoms with Gasteiger partial charge in [-0.15, -0.1) is 0 Å². The summed E-state index contributed by atoms with van der Waals surface area (Å²) in [6, 6.07) is 11.2. The lowest BCUT2D eigenvalue weighted by Gasteiger charge is -2.26. The average molecular weight is 473 g/mol. The van der Waals surface area contributed by atoms with Crippen molar-refractivity contribution in [1.82, 2.24) is 4.98 Å². The van der Waals surface area contributed by atoms with Gasteiger partial charge in [0.05, 0.1) is 16.6 Å². The standard InChI is InChI=1S/C25H23ClF2N2O3/c26-19-2-1-3-20(28)24(19)16-10-21(18-12-17(27)8-9-22(18)31)30-23(11-16)29-13-14-4-6-15(7-5-14)25(32)33/h1-3,8-12,14-15,31H,4-7,13H2,(H,29,30)(H,32,33). The number of hydrogen-bond donors (Lipinski definition) is 3. The molecular weight excluding hydrogens is 450 g/mol. The zero-order valence-corrected chi connectivity index (χ0v) is 18.4. The van der Waals surface area contributed by atoms with E-state index < -0.39 is 17.6 Å². The molecule has 0 saturated heterocycles. The first-order valence-corrected chi connectivity index (χ1v) is 11.1. The second-order valence-electron chi connectivity index (χ2n) is 8.32. The number of hydrogen-bond acceptors (Lipinski definition) is 4. The number of nitrogens with zero attached hydrogens (tertiary/aromatic N) is 1. The lowest BCUT2D eigenvalue weighted by molar-refractivity contribution is -0.143. The minimum Gasteiger partial charge on any atom is -0.507 e. The van der Waals surface area contributed by atoms with Crippen molar-refractivity contribution >= 4 is 23.4 Å². The second-order valence-corrected chi connectivity index (χ2v) is 8.73. The number of anilines is 1. The van der Waals surface area contributed by atoms with Gasteiger partial charge in [0.1, 0.15) is 23.2 Å². The van der Waals surface area contributed by atoms with Crippen LogP contribution in [0.2, 0.25) is 5.02 Å². The van der Waals surface area contributed by atoms with Gasteiger partial charge in [0, 0.05) is 17.7 Å². The zero-order chi connectivity index (χ0) is 23.5. The first-order chi connectivity index (χ1) is 15.8. The van der Waals surface area contributed by atoms with Crippen molar-refractivity contribution in [2.24, 2.45) is 11.8 Å². The predicted octanol–water partition coefficient (Wildman–Crippen LogP) is 6.36. The van der Waals surface area contributed by atoms with E-state index in [1.807, 2.05) is 0 Å². The summed E-state index contributed by atoms with van der Waals surface area (Å²) in [7, 11) is 0. The van der Waals surface area contributed by atoms with Crippen molar-refractivity contribution in [3.63, 3.8) is 0 Å². The molecule has 1 aromatic heterocycles. The fraction of sp³-hybridized carbons (Fsp3) is 0.280. The van der Waals surface area contributed by atoms with E-state index in [1.54, 1.807) is 18.2 Å². The molecule has 0 bridgehead atoms. The molecule has 0 aliphatic heterocycles. The highest BCUT2D eigenvalue weighted by Gasteiger charge is 2.26. The highest BCUT2D eigenvalue weighted by molar-refractivity contribution is 6.33. The third kappa shape index (κ3) is 5.25. The van der Waals surface area contributed by atoms with Gasteiger partial charge >= 0.3 is 5.97 Å². The van der Waals surface area contributed by atoms with Crippen LogP contribution in [0.4, 0.5) is 14.6 Å². The number of carbonyl (C=O) groups is 1. The molecule has 0 spiro atoms. The maximum Gasteiger partial charge on any atom is 0.306 e. The van der Waals surface area contributed by atoms with Crippen LogP contribution in [0.3, 0.4) is 0 Å². The van der Waals surface area contributed by atoms with E-state index in [0.29, 0.717) is 30.8 Å². The molecule has 0 unspecified atom stereocenters. The summed E-state index contributed by atoms with van der Waals surface area (Å²) in [5, 5.41) is 22.9. The number of aromatic nitrogens is 1. The normalized spacial score (nSPS) is 18.2. The number of benzene rings is 2. The summed E-state index contributed by atoms with van der Waals surface area (Å²) in [6.07, 6.45) is 2.81. The summed E-state index contributed by atoms with van der Waals surface area (Å²) in [5.74, 6) is -1.56. The molecule has 3 N–H and O–H groups in total. The molecule has 1 saturated carbocycles. The number of nitrogens with one attached hydrogen (secondary N) is 1. The van der Waals surface area contributed by atoms with E-state index in [2.05, 4.69) is 10.3 Å². The highest BCUT2D eigenvalue weighted by atomic mass is 35.5. The van der Waals surface area contributed by atoms with Crippen molar-refractivity contribution < 1.29 is 23.8 Å². The Morgan fingerprint density at radius 3 is 2.55 bits per heavy atom. The molecule has 8 heteroatoms. The first-order valence-electron chi connectivity index (χ1n) is 10.7. The predicted molar refractivity (Wildman–Crippen MR) is 123 cm³/mol. The molecule has 1 aliphatic carbocycles. The van der Waals surface area contributed by atoms with Crippen LogP contribution in [0.25, 0.3) is 22.4 Å². The van der Waals surface area contributed by atoms with Gasteiger partial charge in [-0.2, -0.15) is 0 Å². The van der Waals surface area contributed by atoms with E-state index in [1.165, 1.54) is 24.3 Å². The molecule has 4 rings (SSSR count). The summed E-state index contributed by atoms with van der Waals surface area (Å²) in [4.78, 5) is 15.7. The molecule has 2 aromatic carbocycles. The number of carboxylic acid groups (broad SMARTS) is 1. The number of pyridine rings is 1. The van der Waals surface area contributed by atoms with Gasteiger partial charge < -0.3 is 15.5 Å². The van der Waals surface area contributed by atoms with Gasteiger partial charge in [0.15, 0.2) is 0 Å². The van der Waals surface area contributed by atoms with E-state index in [9.17, 15) is 23.8 Å². The fourth-order valence-corrected chi connectivity index (χ4v) is 4.53. The third-order valence-electron chi connectivity index (χ3n) is 6.08. The Hall–Kier alpha value is -3.19. The summed E-state index contributed by atoms with van der Waals surface area (Å²) < 4.78 is 28.5. The molecule has 0 radical (unpaired) electrons. The van der Waals surface area contributed by atoms with E-state index >= 15 is 0 Å². The number of aromatic hydroxyl groups is 1. The smallest absolute Gasteiger partial charge is 0.306 e. The minimum absolute atomic E-state index is 0.154. The Morgan fingerprint density at radius 1 is 1.09 bits per heavy atom. The Bertz CT molecular complexity index is 1160. The van der Waals surface area contributed by atoms with Crippen LogP contribution in [0.15, 0.2) is 48.5 Å². The van der Waals surface area contributed by atoms with Crippen molar-refractivity contribution in [2.45, 2.75) is 25.7 Å². The van der Waals surface area contributed by atoms with Gasteiger partial charge in [-0.25, -0.2) is 13.8 Å². The van der Waals surface area contributed by atoms with E-state index in [-0.39, 0.29) is 39.4 Å². The summed E-state index contributed by atoms with van der Waals surface area (Å²) >= 11 is 6.27. The maximum absolute atomic E-state index is 14.6. The lowest BCUT2D eigenvalue weighted by Crippen LogP contribution is -2.25. The molecule has 0 atom stereocenters. The zero-order valence-electron chi connectivity index (χ0n) is 17.7. The monoisotopic (exact) mass is 472 g/mol. The van der Waals surface area contributed by atoms with Crippen molar-refractivity contribution in [1.29, 1.82) is 0 Å². The lowest BCUT2D eigenvalue weighted by atomic mass is 9.82. The Kier molecular flexibility index (Phi) is 6.79.